The van der Waals surface area contributed by atoms with Gasteiger partial charge in [0.1, 0.15) is 5.82 Å². The van der Waals surface area contributed by atoms with Crippen LogP contribution in [0.15, 0.2) is 42.6 Å². The summed E-state index contributed by atoms with van der Waals surface area (Å²) in [7, 11) is 0. The Kier molecular flexibility index (Phi) is 2.83. The minimum Gasteiger partial charge on any atom is -0.396 e. The van der Waals surface area contributed by atoms with Crippen LogP contribution in [0.3, 0.4) is 0 Å². The number of hydrogen-bond donors (Lipinski definition) is 3. The zero-order valence-electron chi connectivity index (χ0n) is 10.4. The van der Waals surface area contributed by atoms with Crippen molar-refractivity contribution in [2.24, 2.45) is 0 Å². The van der Waals surface area contributed by atoms with Crippen LogP contribution in [-0.2, 0) is 0 Å². The Morgan fingerprint density at radius 2 is 2.05 bits per heavy atom. The van der Waals surface area contributed by atoms with Crippen molar-refractivity contribution in [3.05, 3.63) is 54.0 Å². The number of nitrogens with one attached hydrogen (secondary N) is 2. The van der Waals surface area contributed by atoms with E-state index in [2.05, 4.69) is 15.5 Å². The van der Waals surface area contributed by atoms with Crippen LogP contribution in [-0.4, -0.2) is 16.1 Å². The Morgan fingerprint density at radius 1 is 1.25 bits per heavy atom. The number of benzene rings is 2. The molecule has 0 saturated heterocycles. The molecule has 0 aliphatic heterocycles. The highest BCUT2D eigenvalue weighted by Gasteiger charge is 2.14. The molecule has 0 fully saturated rings. The lowest BCUT2D eigenvalue weighted by atomic mass is 10.1. The van der Waals surface area contributed by atoms with Gasteiger partial charge in [-0.1, -0.05) is 12.1 Å². The average Bonchev–Trinajstić information content (AvgIpc) is 2.91. The maximum absolute atomic E-state index is 13.4. The van der Waals surface area contributed by atoms with Crippen LogP contribution < -0.4 is 11.1 Å². The molecule has 3 aromatic rings. The van der Waals surface area contributed by atoms with E-state index < -0.39 is 11.7 Å². The zero-order valence-corrected chi connectivity index (χ0v) is 10.4. The second-order valence-electron chi connectivity index (χ2n) is 4.29. The lowest BCUT2D eigenvalue weighted by Crippen LogP contribution is -2.14. The quantitative estimate of drug-likeness (QED) is 0.626. The smallest absolute Gasteiger partial charge is 0.257 e. The maximum atomic E-state index is 13.4. The summed E-state index contributed by atoms with van der Waals surface area (Å²) in [4.78, 5) is 12.2. The fourth-order valence-electron chi connectivity index (χ4n) is 2.00. The number of para-hydroxylation sites is 1. The van der Waals surface area contributed by atoms with Crippen LogP contribution in [0.2, 0.25) is 0 Å². The van der Waals surface area contributed by atoms with Gasteiger partial charge in [0, 0.05) is 5.39 Å². The van der Waals surface area contributed by atoms with Crippen molar-refractivity contribution < 1.29 is 9.18 Å². The summed E-state index contributed by atoms with van der Waals surface area (Å²) >= 11 is 0. The summed E-state index contributed by atoms with van der Waals surface area (Å²) in [5, 5.41) is 10.2. The molecular formula is C14H11FN4O. The van der Waals surface area contributed by atoms with Crippen LogP contribution >= 0.6 is 0 Å². The minimum atomic E-state index is -0.612. The predicted molar refractivity (Wildman–Crippen MR) is 74.9 cm³/mol. The number of carbonyl (C=O) groups is 1. The van der Waals surface area contributed by atoms with Gasteiger partial charge < -0.3 is 11.1 Å². The third-order valence-electron chi connectivity index (χ3n) is 3.03. The lowest BCUT2D eigenvalue weighted by Gasteiger charge is -2.08. The number of halogens is 1. The highest BCUT2D eigenvalue weighted by molar-refractivity contribution is 6.11. The molecule has 6 heteroatoms. The van der Waals surface area contributed by atoms with E-state index in [9.17, 15) is 9.18 Å². The Bertz CT molecular complexity index is 797. The van der Waals surface area contributed by atoms with Gasteiger partial charge in [-0.25, -0.2) is 4.39 Å². The van der Waals surface area contributed by atoms with E-state index in [0.29, 0.717) is 5.69 Å². The molecule has 1 amide bonds. The molecule has 0 spiro atoms. The summed E-state index contributed by atoms with van der Waals surface area (Å²) in [6.45, 7) is 0. The number of nitrogens with zero attached hydrogens (tertiary/aromatic N) is 1. The number of rotatable bonds is 2. The van der Waals surface area contributed by atoms with Crippen LogP contribution in [0.25, 0.3) is 10.9 Å². The molecule has 0 saturated carbocycles. The molecule has 1 aromatic heterocycles. The number of fused-ring (bicyclic) bond motifs is 1. The number of amides is 1. The summed E-state index contributed by atoms with van der Waals surface area (Å²) in [5.74, 6) is -1.07. The molecule has 0 atom stereocenters. The largest absolute Gasteiger partial charge is 0.396 e. The van der Waals surface area contributed by atoms with Gasteiger partial charge in [0.05, 0.1) is 28.7 Å². The SMILES string of the molecule is Nc1c(F)cccc1C(=O)Nc1cccc2[nH]ncc12. The molecule has 1 heterocycles. The van der Waals surface area contributed by atoms with E-state index in [-0.39, 0.29) is 11.3 Å². The third kappa shape index (κ3) is 1.97. The Hall–Kier alpha value is -2.89. The van der Waals surface area contributed by atoms with E-state index in [1.165, 1.54) is 18.2 Å². The van der Waals surface area contributed by atoms with Crippen molar-refractivity contribution >= 4 is 28.2 Å². The minimum absolute atomic E-state index is 0.102. The normalized spacial score (nSPS) is 10.7. The summed E-state index contributed by atoms with van der Waals surface area (Å²) < 4.78 is 13.4. The maximum Gasteiger partial charge on any atom is 0.257 e. The topological polar surface area (TPSA) is 83.8 Å². The number of aromatic amines is 1. The first kappa shape index (κ1) is 12.2. The van der Waals surface area contributed by atoms with Crippen molar-refractivity contribution in [1.82, 2.24) is 10.2 Å². The second-order valence-corrected chi connectivity index (χ2v) is 4.29. The molecule has 100 valence electrons. The molecule has 20 heavy (non-hydrogen) atoms. The number of anilines is 2. The lowest BCUT2D eigenvalue weighted by molar-refractivity contribution is 0.102. The number of hydrogen-bond acceptors (Lipinski definition) is 3. The molecule has 3 rings (SSSR count). The number of nitrogen functional groups attached to an aromatic ring is 1. The van der Waals surface area contributed by atoms with Crippen molar-refractivity contribution in [3.8, 4) is 0 Å². The molecule has 5 nitrogen and oxygen atoms in total. The van der Waals surface area contributed by atoms with E-state index in [1.54, 1.807) is 18.3 Å². The Balaban J connectivity index is 1.97. The zero-order chi connectivity index (χ0) is 14.1. The molecule has 0 aliphatic rings. The molecule has 0 bridgehead atoms. The molecule has 0 radical (unpaired) electrons. The summed E-state index contributed by atoms with van der Waals surface area (Å²) in [6, 6.07) is 9.50. The molecular weight excluding hydrogens is 259 g/mol. The van der Waals surface area contributed by atoms with Crippen LogP contribution in [0.4, 0.5) is 15.8 Å². The van der Waals surface area contributed by atoms with Gasteiger partial charge in [0.2, 0.25) is 0 Å². The predicted octanol–water partition coefficient (Wildman–Crippen LogP) is 2.54. The number of carbonyl (C=O) groups excluding carboxylic acids is 1. The van der Waals surface area contributed by atoms with E-state index in [0.717, 1.165) is 10.9 Å². The summed E-state index contributed by atoms with van der Waals surface area (Å²) in [5.41, 5.74) is 6.90. The van der Waals surface area contributed by atoms with Gasteiger partial charge in [-0.2, -0.15) is 5.10 Å². The van der Waals surface area contributed by atoms with Gasteiger partial charge in [-0.15, -0.1) is 0 Å². The van der Waals surface area contributed by atoms with Gasteiger partial charge in [-0.3, -0.25) is 9.89 Å². The van der Waals surface area contributed by atoms with Crippen molar-refractivity contribution in [2.75, 3.05) is 11.1 Å². The molecule has 0 unspecified atom stereocenters. The first-order chi connectivity index (χ1) is 9.66. The number of H-pyrrole nitrogens is 1. The summed E-state index contributed by atoms with van der Waals surface area (Å²) in [6.07, 6.45) is 1.61. The first-order valence-corrected chi connectivity index (χ1v) is 5.94. The third-order valence-corrected chi connectivity index (χ3v) is 3.03. The second kappa shape index (κ2) is 4.65. The van der Waals surface area contributed by atoms with Gasteiger partial charge >= 0.3 is 0 Å². The van der Waals surface area contributed by atoms with Gasteiger partial charge in [0.15, 0.2) is 0 Å². The van der Waals surface area contributed by atoms with Crippen molar-refractivity contribution in [3.63, 3.8) is 0 Å². The van der Waals surface area contributed by atoms with Crippen molar-refractivity contribution in [2.45, 2.75) is 0 Å². The Morgan fingerprint density at radius 3 is 2.90 bits per heavy atom. The number of nitrogens with two attached hydrogens (primary N) is 1. The van der Waals surface area contributed by atoms with Gasteiger partial charge in [-0.05, 0) is 24.3 Å². The molecule has 2 aromatic carbocycles. The van der Waals surface area contributed by atoms with E-state index in [4.69, 9.17) is 5.73 Å². The standard InChI is InChI=1S/C14H11FN4O/c15-10-4-1-3-8(13(10)16)14(20)18-11-5-2-6-12-9(11)7-17-19-12/h1-7H,16H2,(H,17,19)(H,18,20). The fraction of sp³-hybridized carbons (Fsp3) is 0. The monoisotopic (exact) mass is 270 g/mol. The van der Waals surface area contributed by atoms with Crippen molar-refractivity contribution in [1.29, 1.82) is 0 Å². The number of aromatic nitrogens is 2. The first-order valence-electron chi connectivity index (χ1n) is 5.94. The van der Waals surface area contributed by atoms with Crippen LogP contribution in [0, 0.1) is 5.82 Å². The average molecular weight is 270 g/mol. The highest BCUT2D eigenvalue weighted by Crippen LogP contribution is 2.23. The Labute approximate surface area is 113 Å². The van der Waals surface area contributed by atoms with Crippen LogP contribution in [0.5, 0.6) is 0 Å². The van der Waals surface area contributed by atoms with E-state index >= 15 is 0 Å². The van der Waals surface area contributed by atoms with E-state index in [1.807, 2.05) is 6.07 Å². The van der Waals surface area contributed by atoms with Crippen LogP contribution in [0.1, 0.15) is 10.4 Å². The highest BCUT2D eigenvalue weighted by atomic mass is 19.1. The van der Waals surface area contributed by atoms with Gasteiger partial charge in [0.25, 0.3) is 5.91 Å². The molecule has 4 N–H and O–H groups in total. The fourth-order valence-corrected chi connectivity index (χ4v) is 2.00. The molecule has 0 aliphatic carbocycles.